The van der Waals surface area contributed by atoms with Crippen molar-refractivity contribution in [2.24, 2.45) is 0 Å². The summed E-state index contributed by atoms with van der Waals surface area (Å²) >= 11 is -1.15. The number of rotatable bonds is 8. The molecule has 2 unspecified atom stereocenters. The summed E-state index contributed by atoms with van der Waals surface area (Å²) in [6.07, 6.45) is 4.83. The van der Waals surface area contributed by atoms with E-state index in [1.165, 1.54) is 66.1 Å². The van der Waals surface area contributed by atoms with Gasteiger partial charge < -0.3 is 24.8 Å². The second-order valence-electron chi connectivity index (χ2n) is 19.6. The first-order valence-electron chi connectivity index (χ1n) is 22.4. The Balaban J connectivity index is 0.00000272. The fraction of sp³-hybridized carbons (Fsp3) is 0.220. The number of halogens is 2. The van der Waals surface area contributed by atoms with Crippen LogP contribution in [0.1, 0.15) is 110 Å². The van der Waals surface area contributed by atoms with Crippen LogP contribution >= 0.6 is 0 Å². The zero-order valence-electron chi connectivity index (χ0n) is 37.6. The Morgan fingerprint density at radius 2 is 1.10 bits per heavy atom. The van der Waals surface area contributed by atoms with Crippen molar-refractivity contribution in [3.63, 3.8) is 0 Å². The van der Waals surface area contributed by atoms with Gasteiger partial charge in [0.2, 0.25) is 0 Å². The van der Waals surface area contributed by atoms with Crippen LogP contribution in [0, 0.1) is 0 Å². The maximum Gasteiger partial charge on any atom is -1.00 e. The van der Waals surface area contributed by atoms with E-state index in [0.29, 0.717) is 3.63 Å². The third-order valence-electron chi connectivity index (χ3n) is 13.5. The van der Waals surface area contributed by atoms with Crippen LogP contribution in [-0.4, -0.2) is 5.92 Å². The molecule has 0 aliphatic heterocycles. The van der Waals surface area contributed by atoms with Gasteiger partial charge in [-0.25, -0.2) is 0 Å². The molecule has 2 atom stereocenters. The van der Waals surface area contributed by atoms with Crippen LogP contribution < -0.4 is 35.2 Å². The standard InChI is InChI=1S/C47H45.C12H11Si.2ClH.Zr/c1-8-14-31-25-41-37(40-23-29-15-9-10-16-34(29)35-17-11-12-18-36(35)40)19-13-20-38(41)45(31)44-28-33(47(5,6)7)27-43-39-26-32(46(2,3)4)22-21-30(39)24-42(43)44;1-3-7-11(8-4-1)13-12-9-5-2-6-10-12;;;/h9-13,15-28,45H,8,14H2,1-7H3;1-10,13H;2*1H;/q;;;;+2/p-2. The Morgan fingerprint density at radius 3 is 1.75 bits per heavy atom. The molecule has 2 aliphatic rings. The number of allylic oxidation sites excluding steroid dienone is 1. The van der Waals surface area contributed by atoms with Gasteiger partial charge in [0.05, 0.1) is 0 Å². The minimum Gasteiger partial charge on any atom is -1.00 e. The smallest absolute Gasteiger partial charge is 1.00 e. The van der Waals surface area contributed by atoms with Crippen molar-refractivity contribution >= 4 is 43.9 Å². The Kier molecular flexibility index (Phi) is 12.9. The van der Waals surface area contributed by atoms with E-state index >= 15 is 0 Å². The molecule has 63 heavy (non-hydrogen) atoms. The molecule has 0 fully saturated rings. The fourth-order valence-electron chi connectivity index (χ4n) is 10.4. The second kappa shape index (κ2) is 17.9. The van der Waals surface area contributed by atoms with E-state index in [-0.39, 0.29) is 41.6 Å². The van der Waals surface area contributed by atoms with Crippen LogP contribution in [0.4, 0.5) is 0 Å². The number of fused-ring (bicyclic) bond motifs is 7. The predicted octanol–water partition coefficient (Wildman–Crippen LogP) is 8.28. The minimum absolute atomic E-state index is 0. The maximum atomic E-state index is 2.69. The van der Waals surface area contributed by atoms with Crippen molar-refractivity contribution in [3.05, 3.63) is 208 Å². The van der Waals surface area contributed by atoms with Gasteiger partial charge in [-0.3, -0.25) is 0 Å². The SMILES string of the molecule is CCCC1=Cc2c(-c3cc4ccccc4c4ccccc34)cccc2C1c1cc(C(C)(C)C)cc2c1[CH]([Zr+2][SiH](c1ccccc1)c1ccccc1)c1ccc(C(C)(C)C)cc1-2.[Cl-].[Cl-]. The molecule has 0 saturated heterocycles. The van der Waals surface area contributed by atoms with Crippen molar-refractivity contribution in [3.8, 4) is 22.3 Å². The first-order valence-corrected chi connectivity index (χ1v) is 29.8. The summed E-state index contributed by atoms with van der Waals surface area (Å²) < 4.78 is 0.461. The molecule has 8 aromatic rings. The summed E-state index contributed by atoms with van der Waals surface area (Å²) in [5.41, 5.74) is 17.9. The Labute approximate surface area is 400 Å². The van der Waals surface area contributed by atoms with Gasteiger partial charge in [0.25, 0.3) is 0 Å². The summed E-state index contributed by atoms with van der Waals surface area (Å²) in [4.78, 5) is 0. The molecule has 0 radical (unpaired) electrons. The van der Waals surface area contributed by atoms with E-state index in [1.54, 1.807) is 32.6 Å². The monoisotopic (exact) mass is 952 g/mol. The van der Waals surface area contributed by atoms with Crippen LogP contribution in [-0.2, 0) is 33.2 Å². The molecule has 0 N–H and O–H groups in total. The predicted molar refractivity (Wildman–Crippen MR) is 262 cm³/mol. The molecule has 10 rings (SSSR count). The number of hydrogen-bond acceptors (Lipinski definition) is 0. The molecule has 0 saturated carbocycles. The normalized spacial score (nSPS) is 15.3. The summed E-state index contributed by atoms with van der Waals surface area (Å²) in [6, 6.07) is 63.9. The topological polar surface area (TPSA) is 0 Å². The Morgan fingerprint density at radius 1 is 0.492 bits per heavy atom. The van der Waals surface area contributed by atoms with Crippen LogP contribution in [0.5, 0.6) is 0 Å². The fourth-order valence-corrected chi connectivity index (χ4v) is 25.2. The molecule has 0 spiro atoms. The van der Waals surface area contributed by atoms with E-state index in [0.717, 1.165) is 12.8 Å². The van der Waals surface area contributed by atoms with Gasteiger partial charge in [0, 0.05) is 0 Å². The van der Waals surface area contributed by atoms with Crippen LogP contribution in [0.3, 0.4) is 0 Å². The van der Waals surface area contributed by atoms with E-state index in [2.05, 4.69) is 218 Å². The average molecular weight is 955 g/mol. The van der Waals surface area contributed by atoms with E-state index in [1.807, 2.05) is 0 Å². The molecule has 2 aliphatic carbocycles. The summed E-state index contributed by atoms with van der Waals surface area (Å²) in [5.74, 6) is -1.29. The van der Waals surface area contributed by atoms with Gasteiger partial charge in [-0.05, 0) is 0 Å². The summed E-state index contributed by atoms with van der Waals surface area (Å²) in [5, 5.41) is 8.47. The van der Waals surface area contributed by atoms with Crippen LogP contribution in [0.25, 0.3) is 49.9 Å². The summed E-state index contributed by atoms with van der Waals surface area (Å²) in [7, 11) is 0. The third-order valence-corrected chi connectivity index (χ3v) is 27.6. The first-order chi connectivity index (χ1) is 29.5. The van der Waals surface area contributed by atoms with E-state index < -0.39 is 28.3 Å². The van der Waals surface area contributed by atoms with E-state index in [9.17, 15) is 0 Å². The Bertz CT molecular complexity index is 2950. The molecule has 0 bridgehead atoms. The molecular weight excluding hydrogens is 899 g/mol. The average Bonchev–Trinajstić information content (AvgIpc) is 3.80. The molecule has 4 heteroatoms. The van der Waals surface area contributed by atoms with Gasteiger partial charge in [0.15, 0.2) is 0 Å². The molecule has 0 amide bonds. The summed E-state index contributed by atoms with van der Waals surface area (Å²) in [6.45, 7) is 16.7. The van der Waals surface area contributed by atoms with Crippen molar-refractivity contribution in [1.82, 2.24) is 0 Å². The van der Waals surface area contributed by atoms with Crippen molar-refractivity contribution in [2.45, 2.75) is 81.7 Å². The molecule has 314 valence electrons. The third kappa shape index (κ3) is 8.21. The quantitative estimate of drug-likeness (QED) is 0.106. The van der Waals surface area contributed by atoms with Gasteiger partial charge in [-0.1, -0.05) is 6.07 Å². The van der Waals surface area contributed by atoms with Gasteiger partial charge in [-0.15, -0.1) is 0 Å². The molecule has 0 nitrogen and oxygen atoms in total. The molecule has 0 heterocycles. The van der Waals surface area contributed by atoms with Crippen LogP contribution in [0.2, 0.25) is 0 Å². The van der Waals surface area contributed by atoms with Crippen LogP contribution in [0.15, 0.2) is 169 Å². The number of hydrogen-bond donors (Lipinski definition) is 0. The zero-order valence-corrected chi connectivity index (χ0v) is 42.7. The van der Waals surface area contributed by atoms with Gasteiger partial charge >= 0.3 is 372 Å². The molecule has 8 aromatic carbocycles. The van der Waals surface area contributed by atoms with Gasteiger partial charge in [0.1, 0.15) is 0 Å². The minimum atomic E-state index is -1.50. The second-order valence-corrected chi connectivity index (χ2v) is 30.3. The van der Waals surface area contributed by atoms with Crippen molar-refractivity contribution in [1.29, 1.82) is 0 Å². The number of benzene rings is 8. The van der Waals surface area contributed by atoms with Gasteiger partial charge in [-0.2, -0.15) is 0 Å². The van der Waals surface area contributed by atoms with Crippen molar-refractivity contribution < 1.29 is 47.2 Å². The maximum absolute atomic E-state index is 2.69. The molecule has 0 aromatic heterocycles. The van der Waals surface area contributed by atoms with Crippen molar-refractivity contribution in [2.75, 3.05) is 0 Å². The molecular formula is C59H56Cl2SiZr. The Hall–Kier alpha value is -4.30. The zero-order chi connectivity index (χ0) is 42.0. The largest absolute Gasteiger partial charge is 1.00 e. The van der Waals surface area contributed by atoms with E-state index in [4.69, 9.17) is 0 Å². The first kappa shape index (κ1) is 45.3.